The molecule has 0 aliphatic carbocycles. The van der Waals surface area contributed by atoms with Crippen LogP contribution >= 0.6 is 15.9 Å². The Hall–Kier alpha value is -1.89. The molecule has 0 bridgehead atoms. The molecule has 0 amide bonds. The first kappa shape index (κ1) is 12.2. The Morgan fingerprint density at radius 3 is 2.74 bits per heavy atom. The lowest BCUT2D eigenvalue weighted by Crippen LogP contribution is -1.99. The van der Waals surface area contributed by atoms with E-state index >= 15 is 0 Å². The Balaban J connectivity index is 2.21. The minimum absolute atomic E-state index is 0.283. The van der Waals surface area contributed by atoms with Crippen molar-refractivity contribution >= 4 is 21.6 Å². The van der Waals surface area contributed by atoms with Crippen molar-refractivity contribution in [2.24, 2.45) is 0 Å². The Labute approximate surface area is 115 Å². The minimum atomic E-state index is -2.61. The molecule has 0 aliphatic heterocycles. The van der Waals surface area contributed by atoms with Crippen molar-refractivity contribution in [1.29, 1.82) is 0 Å². The summed E-state index contributed by atoms with van der Waals surface area (Å²) in [7, 11) is 0. The zero-order valence-corrected chi connectivity index (χ0v) is 11.1. The van der Waals surface area contributed by atoms with E-state index < -0.39 is 6.43 Å². The Bertz CT molecular complexity index is 741. The van der Waals surface area contributed by atoms with Gasteiger partial charge in [-0.05, 0) is 34.1 Å². The first-order valence-corrected chi connectivity index (χ1v) is 6.18. The summed E-state index contributed by atoms with van der Waals surface area (Å²) < 4.78 is 27.6. The number of fused-ring (bicyclic) bond motifs is 1. The number of pyridine rings is 1. The van der Waals surface area contributed by atoms with Crippen LogP contribution in [0.4, 0.5) is 8.78 Å². The summed E-state index contributed by atoms with van der Waals surface area (Å²) in [6, 6.07) is 4.62. The SMILES string of the molecule is FC(F)c1ccc2ncc(-c3cncc(Br)c3)n2n1. The standard InChI is InChI=1S/C12H7BrF2N4/c13-8-3-7(4-16-5-8)10-6-17-11-2-1-9(12(14)15)18-19(10)11/h1-6,12H. The van der Waals surface area contributed by atoms with Gasteiger partial charge in [-0.2, -0.15) is 5.10 Å². The molecule has 0 unspecified atom stereocenters. The molecule has 3 rings (SSSR count). The predicted octanol–water partition coefficient (Wildman–Crippen LogP) is 3.49. The molecule has 19 heavy (non-hydrogen) atoms. The highest BCUT2D eigenvalue weighted by atomic mass is 79.9. The van der Waals surface area contributed by atoms with E-state index in [0.717, 1.165) is 10.0 Å². The van der Waals surface area contributed by atoms with Gasteiger partial charge in [0.2, 0.25) is 0 Å². The quantitative estimate of drug-likeness (QED) is 0.724. The van der Waals surface area contributed by atoms with Gasteiger partial charge in [-0.1, -0.05) is 0 Å². The van der Waals surface area contributed by atoms with Gasteiger partial charge in [-0.3, -0.25) is 4.98 Å². The number of hydrogen-bond acceptors (Lipinski definition) is 3. The third-order valence-electron chi connectivity index (χ3n) is 2.61. The molecule has 3 aromatic rings. The zero-order valence-electron chi connectivity index (χ0n) is 9.46. The molecule has 3 aromatic heterocycles. The molecular formula is C12H7BrF2N4. The number of hydrogen-bond donors (Lipinski definition) is 0. The number of rotatable bonds is 2. The summed E-state index contributed by atoms with van der Waals surface area (Å²) in [5.74, 6) is 0. The van der Waals surface area contributed by atoms with Crippen LogP contribution in [0.25, 0.3) is 16.9 Å². The van der Waals surface area contributed by atoms with Crippen LogP contribution in [0.2, 0.25) is 0 Å². The average Bonchev–Trinajstić information content (AvgIpc) is 2.81. The normalized spacial score (nSPS) is 11.4. The first-order chi connectivity index (χ1) is 9.15. The van der Waals surface area contributed by atoms with Gasteiger partial charge in [-0.15, -0.1) is 0 Å². The third-order valence-corrected chi connectivity index (χ3v) is 3.04. The predicted molar refractivity (Wildman–Crippen MR) is 68.9 cm³/mol. The highest BCUT2D eigenvalue weighted by Gasteiger charge is 2.13. The molecule has 7 heteroatoms. The van der Waals surface area contributed by atoms with Gasteiger partial charge < -0.3 is 0 Å². The Morgan fingerprint density at radius 1 is 1.16 bits per heavy atom. The molecule has 0 radical (unpaired) electrons. The molecule has 0 aliphatic rings. The number of imidazole rings is 1. The summed E-state index contributed by atoms with van der Waals surface area (Å²) in [6.07, 6.45) is 2.25. The van der Waals surface area contributed by atoms with Crippen molar-refractivity contribution in [3.63, 3.8) is 0 Å². The first-order valence-electron chi connectivity index (χ1n) is 5.39. The van der Waals surface area contributed by atoms with Crippen LogP contribution in [0.5, 0.6) is 0 Å². The fraction of sp³-hybridized carbons (Fsp3) is 0.0833. The van der Waals surface area contributed by atoms with Crippen molar-refractivity contribution in [2.75, 3.05) is 0 Å². The van der Waals surface area contributed by atoms with Crippen LogP contribution in [-0.4, -0.2) is 19.6 Å². The van der Waals surface area contributed by atoms with Gasteiger partial charge in [0.1, 0.15) is 5.69 Å². The fourth-order valence-electron chi connectivity index (χ4n) is 1.75. The van der Waals surface area contributed by atoms with E-state index in [9.17, 15) is 8.78 Å². The van der Waals surface area contributed by atoms with Gasteiger partial charge >= 0.3 is 0 Å². The Morgan fingerprint density at radius 2 is 2.00 bits per heavy atom. The molecule has 0 N–H and O–H groups in total. The minimum Gasteiger partial charge on any atom is -0.263 e. The van der Waals surface area contributed by atoms with Gasteiger partial charge in [0.15, 0.2) is 5.65 Å². The molecule has 0 atom stereocenters. The number of alkyl halides is 2. The highest BCUT2D eigenvalue weighted by molar-refractivity contribution is 9.10. The van der Waals surface area contributed by atoms with Gasteiger partial charge in [0.05, 0.1) is 11.9 Å². The summed E-state index contributed by atoms with van der Waals surface area (Å²) in [5, 5.41) is 3.90. The molecule has 0 saturated heterocycles. The largest absolute Gasteiger partial charge is 0.282 e. The maximum atomic E-state index is 12.7. The lowest BCUT2D eigenvalue weighted by molar-refractivity contribution is 0.144. The second-order valence-corrected chi connectivity index (χ2v) is 4.78. The van der Waals surface area contributed by atoms with E-state index in [4.69, 9.17) is 0 Å². The van der Waals surface area contributed by atoms with E-state index in [0.29, 0.717) is 11.3 Å². The number of nitrogens with zero attached hydrogens (tertiary/aromatic N) is 4. The van der Waals surface area contributed by atoms with E-state index in [-0.39, 0.29) is 5.69 Å². The van der Waals surface area contributed by atoms with E-state index in [2.05, 4.69) is 31.0 Å². The average molecular weight is 325 g/mol. The monoisotopic (exact) mass is 324 g/mol. The highest BCUT2D eigenvalue weighted by Crippen LogP contribution is 2.23. The van der Waals surface area contributed by atoms with Crippen LogP contribution in [0.3, 0.4) is 0 Å². The van der Waals surface area contributed by atoms with E-state index in [1.54, 1.807) is 18.6 Å². The van der Waals surface area contributed by atoms with Gasteiger partial charge in [0, 0.05) is 22.4 Å². The molecule has 3 heterocycles. The summed E-state index contributed by atoms with van der Waals surface area (Å²) in [5.41, 5.74) is 1.60. The van der Waals surface area contributed by atoms with Crippen molar-refractivity contribution < 1.29 is 8.78 Å². The van der Waals surface area contributed by atoms with Crippen molar-refractivity contribution in [1.82, 2.24) is 19.6 Å². The van der Waals surface area contributed by atoms with E-state index in [1.807, 2.05) is 6.07 Å². The van der Waals surface area contributed by atoms with Crippen LogP contribution < -0.4 is 0 Å². The lowest BCUT2D eigenvalue weighted by atomic mass is 10.2. The zero-order chi connectivity index (χ0) is 13.4. The molecule has 4 nitrogen and oxygen atoms in total. The lowest BCUT2D eigenvalue weighted by Gasteiger charge is -2.03. The van der Waals surface area contributed by atoms with E-state index in [1.165, 1.54) is 16.6 Å². The van der Waals surface area contributed by atoms with Crippen molar-refractivity contribution in [3.8, 4) is 11.3 Å². The maximum absolute atomic E-state index is 12.7. The fourth-order valence-corrected chi connectivity index (χ4v) is 2.12. The second kappa shape index (κ2) is 4.65. The molecular weight excluding hydrogens is 318 g/mol. The smallest absolute Gasteiger partial charge is 0.263 e. The van der Waals surface area contributed by atoms with Crippen molar-refractivity contribution in [2.45, 2.75) is 6.43 Å². The topological polar surface area (TPSA) is 43.1 Å². The second-order valence-electron chi connectivity index (χ2n) is 3.86. The molecule has 0 saturated carbocycles. The van der Waals surface area contributed by atoms with Crippen LogP contribution in [0, 0.1) is 0 Å². The van der Waals surface area contributed by atoms with Crippen molar-refractivity contribution in [3.05, 3.63) is 47.0 Å². The summed E-state index contributed by atoms with van der Waals surface area (Å²) in [6.45, 7) is 0. The number of halogens is 3. The van der Waals surface area contributed by atoms with Crippen LogP contribution in [-0.2, 0) is 0 Å². The van der Waals surface area contributed by atoms with Gasteiger partial charge in [-0.25, -0.2) is 18.3 Å². The molecule has 96 valence electrons. The summed E-state index contributed by atoms with van der Waals surface area (Å²) >= 11 is 3.32. The Kier molecular flexibility index (Phi) is 2.98. The molecule has 0 fully saturated rings. The molecule has 0 spiro atoms. The number of aromatic nitrogens is 4. The van der Waals surface area contributed by atoms with Crippen LogP contribution in [0.1, 0.15) is 12.1 Å². The third kappa shape index (κ3) is 2.21. The van der Waals surface area contributed by atoms with Gasteiger partial charge in [0.25, 0.3) is 6.43 Å². The summed E-state index contributed by atoms with van der Waals surface area (Å²) in [4.78, 5) is 8.18. The molecule has 0 aromatic carbocycles. The van der Waals surface area contributed by atoms with Crippen LogP contribution in [0.15, 0.2) is 41.3 Å². The maximum Gasteiger partial charge on any atom is 0.282 e.